The van der Waals surface area contributed by atoms with E-state index in [1.54, 1.807) is 0 Å². The molecule has 4 aliphatic rings. The van der Waals surface area contributed by atoms with Gasteiger partial charge in [0.15, 0.2) is 6.23 Å². The van der Waals surface area contributed by atoms with Crippen LogP contribution in [0.25, 0.3) is 0 Å². The molecule has 0 aliphatic heterocycles. The van der Waals surface area contributed by atoms with Crippen molar-refractivity contribution in [1.82, 2.24) is 5.32 Å². The summed E-state index contributed by atoms with van der Waals surface area (Å²) in [5, 5.41) is 2.77. The van der Waals surface area contributed by atoms with Gasteiger partial charge in [0.1, 0.15) is 11.9 Å². The fourth-order valence-corrected chi connectivity index (χ4v) is 9.34. The zero-order valence-corrected chi connectivity index (χ0v) is 22.9. The summed E-state index contributed by atoms with van der Waals surface area (Å²) in [4.78, 5) is 47.9. The van der Waals surface area contributed by atoms with Crippen molar-refractivity contribution in [3.63, 3.8) is 0 Å². The van der Waals surface area contributed by atoms with E-state index in [0.29, 0.717) is 54.1 Å². The van der Waals surface area contributed by atoms with E-state index < -0.39 is 12.2 Å². The number of hydrogen-bond donors (Lipinski definition) is 1. The molecule has 5 unspecified atom stereocenters. The van der Waals surface area contributed by atoms with Crippen molar-refractivity contribution in [2.24, 2.45) is 46.3 Å². The Labute approximate surface area is 215 Å². The van der Waals surface area contributed by atoms with Crippen molar-refractivity contribution in [1.29, 1.82) is 0 Å². The first-order valence-electron chi connectivity index (χ1n) is 14.0. The Balaban J connectivity index is 1.61. The van der Waals surface area contributed by atoms with Gasteiger partial charge in [-0.15, -0.1) is 0 Å². The zero-order valence-electron chi connectivity index (χ0n) is 22.9. The normalized spacial score (nSPS) is 42.4. The number of ether oxygens (including phenoxy) is 2. The van der Waals surface area contributed by atoms with Gasteiger partial charge >= 0.3 is 11.9 Å². The molecule has 4 saturated carbocycles. The lowest BCUT2D eigenvalue weighted by Crippen LogP contribution is -2.57. The standard InChI is InChI=1S/C29H45NO6/c1-16-13-22(34)15-21-8-9-23-24(29(16,21)6)11-12-28(5)25(35-18(3)32)14-20(27(23)28)7-10-26(30-17(2)31)36-19(4)33/h16,20-21,23-27H,7-15H2,1-6H3,(H,30,31)/t16?,20?,21?,23-,24-,25?,26?,27+,28-,29+/m1/s1. The number of nitrogens with one attached hydrogen (secondary N) is 1. The summed E-state index contributed by atoms with van der Waals surface area (Å²) >= 11 is 0. The summed E-state index contributed by atoms with van der Waals surface area (Å²) in [6, 6.07) is 0. The molecule has 4 aliphatic carbocycles. The maximum absolute atomic E-state index is 12.4. The summed E-state index contributed by atoms with van der Waals surface area (Å²) in [5.41, 5.74) is 0.0814. The molecule has 1 N–H and O–H groups in total. The molecule has 36 heavy (non-hydrogen) atoms. The fraction of sp³-hybridized carbons (Fsp3) is 0.862. The summed E-state index contributed by atoms with van der Waals surface area (Å²) in [5.74, 6) is 2.23. The van der Waals surface area contributed by atoms with Gasteiger partial charge in [-0.05, 0) is 79.4 Å². The highest BCUT2D eigenvalue weighted by Gasteiger charge is 2.64. The minimum Gasteiger partial charge on any atom is -0.462 e. The molecule has 10 atom stereocenters. The number of hydrogen-bond acceptors (Lipinski definition) is 6. The summed E-state index contributed by atoms with van der Waals surface area (Å²) in [6.45, 7) is 11.3. The second-order valence-corrected chi connectivity index (χ2v) is 12.8. The second kappa shape index (κ2) is 10.1. The number of amides is 1. The third-order valence-corrected chi connectivity index (χ3v) is 10.9. The van der Waals surface area contributed by atoms with Crippen LogP contribution in [0.5, 0.6) is 0 Å². The molecule has 0 heterocycles. The zero-order chi connectivity index (χ0) is 26.4. The lowest BCUT2D eigenvalue weighted by Gasteiger charge is -2.62. The van der Waals surface area contributed by atoms with Crippen LogP contribution in [0.2, 0.25) is 0 Å². The molecule has 0 aromatic heterocycles. The number of rotatable bonds is 6. The van der Waals surface area contributed by atoms with Crippen molar-refractivity contribution in [3.8, 4) is 0 Å². The van der Waals surface area contributed by atoms with Crippen LogP contribution in [0, 0.1) is 46.3 Å². The van der Waals surface area contributed by atoms with Crippen molar-refractivity contribution >= 4 is 23.6 Å². The van der Waals surface area contributed by atoms with Gasteiger partial charge in [0.25, 0.3) is 0 Å². The number of Topliss-reactive ketones (excluding diaryl/α,β-unsaturated/α-hetero) is 1. The first kappa shape index (κ1) is 27.1. The van der Waals surface area contributed by atoms with Crippen LogP contribution in [-0.2, 0) is 28.7 Å². The van der Waals surface area contributed by atoms with E-state index in [0.717, 1.165) is 44.9 Å². The minimum absolute atomic E-state index is 0.0840. The van der Waals surface area contributed by atoms with Gasteiger partial charge in [-0.25, -0.2) is 0 Å². The van der Waals surface area contributed by atoms with Crippen LogP contribution in [0.3, 0.4) is 0 Å². The van der Waals surface area contributed by atoms with E-state index in [4.69, 9.17) is 9.47 Å². The molecule has 0 saturated heterocycles. The Morgan fingerprint density at radius 3 is 2.42 bits per heavy atom. The topological polar surface area (TPSA) is 98.8 Å². The van der Waals surface area contributed by atoms with E-state index in [9.17, 15) is 19.2 Å². The Hall–Kier alpha value is -1.92. The molecular weight excluding hydrogens is 458 g/mol. The molecule has 1 amide bonds. The van der Waals surface area contributed by atoms with Crippen LogP contribution in [0.1, 0.15) is 99.3 Å². The maximum Gasteiger partial charge on any atom is 0.304 e. The van der Waals surface area contributed by atoms with E-state index in [2.05, 4.69) is 26.1 Å². The predicted octanol–water partition coefficient (Wildman–Crippen LogP) is 4.81. The van der Waals surface area contributed by atoms with Crippen LogP contribution in [0.15, 0.2) is 0 Å². The molecule has 202 valence electrons. The highest BCUT2D eigenvalue weighted by molar-refractivity contribution is 5.80. The number of esters is 2. The Kier molecular flexibility index (Phi) is 7.60. The van der Waals surface area contributed by atoms with Gasteiger partial charge in [-0.2, -0.15) is 0 Å². The Bertz CT molecular complexity index is 886. The number of fused-ring (bicyclic) bond motifs is 5. The predicted molar refractivity (Wildman–Crippen MR) is 134 cm³/mol. The van der Waals surface area contributed by atoms with Gasteiger partial charge in [-0.1, -0.05) is 20.8 Å². The molecule has 7 nitrogen and oxygen atoms in total. The Morgan fingerprint density at radius 1 is 1.06 bits per heavy atom. The van der Waals surface area contributed by atoms with Crippen molar-refractivity contribution in [2.45, 2.75) is 112 Å². The van der Waals surface area contributed by atoms with Crippen molar-refractivity contribution in [2.75, 3.05) is 0 Å². The smallest absolute Gasteiger partial charge is 0.304 e. The third-order valence-electron chi connectivity index (χ3n) is 10.9. The van der Waals surface area contributed by atoms with Crippen molar-refractivity contribution in [3.05, 3.63) is 0 Å². The summed E-state index contributed by atoms with van der Waals surface area (Å²) in [6.07, 6.45) is 7.17. The summed E-state index contributed by atoms with van der Waals surface area (Å²) < 4.78 is 11.4. The van der Waals surface area contributed by atoms with Crippen LogP contribution < -0.4 is 5.32 Å². The molecule has 0 aromatic rings. The van der Waals surface area contributed by atoms with E-state index in [1.807, 2.05) is 0 Å². The quantitative estimate of drug-likeness (QED) is 0.413. The number of carbonyl (C=O) groups is 4. The lowest BCUT2D eigenvalue weighted by molar-refractivity contribution is -0.169. The first-order valence-corrected chi connectivity index (χ1v) is 14.0. The summed E-state index contributed by atoms with van der Waals surface area (Å²) in [7, 11) is 0. The molecule has 4 rings (SSSR count). The van der Waals surface area contributed by atoms with Gasteiger partial charge in [0, 0.05) is 45.4 Å². The van der Waals surface area contributed by atoms with Crippen molar-refractivity contribution < 1.29 is 28.7 Å². The van der Waals surface area contributed by atoms with Gasteiger partial charge in [-0.3, -0.25) is 19.2 Å². The third kappa shape index (κ3) is 4.83. The molecule has 0 bridgehead atoms. The molecular formula is C29H45NO6. The number of carbonyl (C=O) groups excluding carboxylic acids is 4. The highest BCUT2D eigenvalue weighted by Crippen LogP contribution is 2.69. The molecule has 4 fully saturated rings. The SMILES string of the molecule is CC(=O)NC(CCC1CC(OC(C)=O)[C@@]2(C)CC[C@@H]3[C@@H](CCC4CC(=O)CC(C)[C@@]43C)[C@H]12)OC(C)=O. The second-order valence-electron chi connectivity index (χ2n) is 12.8. The molecule has 7 heteroatoms. The largest absolute Gasteiger partial charge is 0.462 e. The Morgan fingerprint density at radius 2 is 1.78 bits per heavy atom. The van der Waals surface area contributed by atoms with Crippen LogP contribution in [-0.4, -0.2) is 36.0 Å². The highest BCUT2D eigenvalue weighted by atomic mass is 16.6. The van der Waals surface area contributed by atoms with Gasteiger partial charge in [0.2, 0.25) is 5.91 Å². The van der Waals surface area contributed by atoms with Crippen LogP contribution >= 0.6 is 0 Å². The maximum atomic E-state index is 12.4. The monoisotopic (exact) mass is 503 g/mol. The minimum atomic E-state index is -0.643. The average molecular weight is 504 g/mol. The van der Waals surface area contributed by atoms with E-state index in [1.165, 1.54) is 20.8 Å². The van der Waals surface area contributed by atoms with Crippen LogP contribution in [0.4, 0.5) is 0 Å². The average Bonchev–Trinajstić information content (AvgIpc) is 3.03. The molecule has 0 aromatic carbocycles. The van der Waals surface area contributed by atoms with E-state index >= 15 is 0 Å². The molecule has 0 radical (unpaired) electrons. The fourth-order valence-electron chi connectivity index (χ4n) is 9.34. The van der Waals surface area contributed by atoms with E-state index in [-0.39, 0.29) is 28.8 Å². The molecule has 0 spiro atoms. The van der Waals surface area contributed by atoms with Gasteiger partial charge in [0.05, 0.1) is 0 Å². The number of ketones is 1. The lowest BCUT2D eigenvalue weighted by atomic mass is 9.42. The van der Waals surface area contributed by atoms with Gasteiger partial charge < -0.3 is 14.8 Å². The first-order chi connectivity index (χ1) is 16.9.